The molecule has 1 heterocycles. The van der Waals surface area contributed by atoms with Gasteiger partial charge in [0.05, 0.1) is 12.3 Å². The molecule has 0 fully saturated rings. The predicted octanol–water partition coefficient (Wildman–Crippen LogP) is 2.56. The van der Waals surface area contributed by atoms with Gasteiger partial charge in [-0.15, -0.1) is 0 Å². The highest BCUT2D eigenvalue weighted by molar-refractivity contribution is 6.04. The van der Waals surface area contributed by atoms with Gasteiger partial charge in [0.25, 0.3) is 5.91 Å². The molecular weight excluding hydrogens is 266 g/mol. The van der Waals surface area contributed by atoms with Crippen LogP contribution < -0.4 is 10.1 Å². The molecule has 1 aliphatic rings. The minimum atomic E-state index is -0.166. The van der Waals surface area contributed by atoms with Crippen molar-refractivity contribution in [3.63, 3.8) is 0 Å². The van der Waals surface area contributed by atoms with E-state index < -0.39 is 0 Å². The third-order valence-corrected chi connectivity index (χ3v) is 3.77. The van der Waals surface area contributed by atoms with Gasteiger partial charge in [-0.05, 0) is 38.3 Å². The summed E-state index contributed by atoms with van der Waals surface area (Å²) in [6.07, 6.45) is 3.03. The minimum absolute atomic E-state index is 0.166. The maximum atomic E-state index is 12.5. The van der Waals surface area contributed by atoms with Gasteiger partial charge in [-0.25, -0.2) is 0 Å². The first-order valence-corrected chi connectivity index (χ1v) is 7.28. The molecule has 0 unspecified atom stereocenters. The topological polar surface area (TPSA) is 56.1 Å². The second-order valence-electron chi connectivity index (χ2n) is 5.13. The largest absolute Gasteiger partial charge is 0.492 e. The first kappa shape index (κ1) is 13.7. The van der Waals surface area contributed by atoms with Crippen molar-refractivity contribution in [2.24, 2.45) is 7.05 Å². The number of anilines is 1. The SMILES string of the molecule is CCOc1ccccc1NC(=O)c1nn(C)c2c1CCC2. The normalized spacial score (nSPS) is 13.0. The van der Waals surface area contributed by atoms with Crippen LogP contribution in [-0.4, -0.2) is 22.3 Å². The third-order valence-electron chi connectivity index (χ3n) is 3.77. The Morgan fingerprint density at radius 3 is 3.00 bits per heavy atom. The fourth-order valence-electron chi connectivity index (χ4n) is 2.83. The van der Waals surface area contributed by atoms with Crippen LogP contribution in [0.15, 0.2) is 24.3 Å². The smallest absolute Gasteiger partial charge is 0.276 e. The van der Waals surface area contributed by atoms with Crippen molar-refractivity contribution < 1.29 is 9.53 Å². The van der Waals surface area contributed by atoms with E-state index in [4.69, 9.17) is 4.74 Å². The second kappa shape index (κ2) is 5.60. The Morgan fingerprint density at radius 1 is 1.38 bits per heavy atom. The number of aryl methyl sites for hydroxylation is 1. The fraction of sp³-hybridized carbons (Fsp3) is 0.375. The van der Waals surface area contributed by atoms with E-state index in [-0.39, 0.29) is 5.91 Å². The molecule has 110 valence electrons. The summed E-state index contributed by atoms with van der Waals surface area (Å²) < 4.78 is 7.36. The summed E-state index contributed by atoms with van der Waals surface area (Å²) in [4.78, 5) is 12.5. The Morgan fingerprint density at radius 2 is 2.19 bits per heavy atom. The summed E-state index contributed by atoms with van der Waals surface area (Å²) in [5, 5.41) is 7.28. The first-order chi connectivity index (χ1) is 10.2. The van der Waals surface area contributed by atoms with Gasteiger partial charge in [0.1, 0.15) is 5.75 Å². The van der Waals surface area contributed by atoms with Crippen molar-refractivity contribution in [3.8, 4) is 5.75 Å². The lowest BCUT2D eigenvalue weighted by Crippen LogP contribution is -2.15. The van der Waals surface area contributed by atoms with Crippen LogP contribution in [0.1, 0.15) is 35.1 Å². The van der Waals surface area contributed by atoms with Crippen LogP contribution in [0, 0.1) is 0 Å². The molecule has 0 atom stereocenters. The number of amides is 1. The first-order valence-electron chi connectivity index (χ1n) is 7.28. The summed E-state index contributed by atoms with van der Waals surface area (Å²) in [5.41, 5.74) is 3.49. The minimum Gasteiger partial charge on any atom is -0.492 e. The molecule has 0 aliphatic heterocycles. The van der Waals surface area contributed by atoms with Gasteiger partial charge >= 0.3 is 0 Å². The summed E-state index contributed by atoms with van der Waals surface area (Å²) >= 11 is 0. The average molecular weight is 285 g/mol. The Kier molecular flexibility index (Phi) is 3.64. The Labute approximate surface area is 123 Å². The molecule has 1 aliphatic carbocycles. The van der Waals surface area contributed by atoms with Gasteiger partial charge in [-0.3, -0.25) is 9.48 Å². The number of rotatable bonds is 4. The number of aromatic nitrogens is 2. The standard InChI is InChI=1S/C16H19N3O2/c1-3-21-14-10-5-4-8-12(14)17-16(20)15-11-7-6-9-13(11)19(2)18-15/h4-5,8,10H,3,6-7,9H2,1-2H3,(H,17,20). The zero-order valence-corrected chi connectivity index (χ0v) is 12.3. The van der Waals surface area contributed by atoms with E-state index in [1.54, 1.807) is 0 Å². The van der Waals surface area contributed by atoms with Crippen LogP contribution >= 0.6 is 0 Å². The molecule has 21 heavy (non-hydrogen) atoms. The van der Waals surface area contributed by atoms with Crippen LogP contribution in [0.5, 0.6) is 5.75 Å². The maximum absolute atomic E-state index is 12.5. The molecule has 0 bridgehead atoms. The Hall–Kier alpha value is -2.30. The van der Waals surface area contributed by atoms with Gasteiger partial charge in [-0.1, -0.05) is 12.1 Å². The number of para-hydroxylation sites is 2. The number of carbonyl (C=O) groups is 1. The molecule has 1 aromatic heterocycles. The molecule has 0 spiro atoms. The van der Waals surface area contributed by atoms with Crippen LogP contribution in [0.4, 0.5) is 5.69 Å². The van der Waals surface area contributed by atoms with Crippen molar-refractivity contribution in [2.75, 3.05) is 11.9 Å². The monoisotopic (exact) mass is 285 g/mol. The molecule has 5 heteroatoms. The average Bonchev–Trinajstić information content (AvgIpc) is 3.06. The number of carbonyl (C=O) groups excluding carboxylic acids is 1. The summed E-state index contributed by atoms with van der Waals surface area (Å²) in [5.74, 6) is 0.516. The van der Waals surface area contributed by atoms with Crippen molar-refractivity contribution in [3.05, 3.63) is 41.2 Å². The third kappa shape index (κ3) is 2.51. The number of nitrogens with zero attached hydrogens (tertiary/aromatic N) is 2. The number of hydrogen-bond donors (Lipinski definition) is 1. The lowest BCUT2D eigenvalue weighted by Gasteiger charge is -2.10. The van der Waals surface area contributed by atoms with E-state index in [1.807, 2.05) is 42.9 Å². The van der Waals surface area contributed by atoms with Crippen molar-refractivity contribution in [1.29, 1.82) is 0 Å². The van der Waals surface area contributed by atoms with Crippen LogP contribution in [0.3, 0.4) is 0 Å². The molecule has 1 aromatic carbocycles. The molecule has 0 saturated heterocycles. The quantitative estimate of drug-likeness (QED) is 0.939. The van der Waals surface area contributed by atoms with Crippen molar-refractivity contribution >= 4 is 11.6 Å². The summed E-state index contributed by atoms with van der Waals surface area (Å²) in [7, 11) is 1.90. The van der Waals surface area contributed by atoms with Crippen LogP contribution in [0.2, 0.25) is 0 Å². The molecular formula is C16H19N3O2. The van der Waals surface area contributed by atoms with Crippen LogP contribution in [0.25, 0.3) is 0 Å². The maximum Gasteiger partial charge on any atom is 0.276 e. The number of ether oxygens (including phenoxy) is 1. The highest BCUT2D eigenvalue weighted by Gasteiger charge is 2.25. The van der Waals surface area contributed by atoms with Crippen molar-refractivity contribution in [1.82, 2.24) is 9.78 Å². The van der Waals surface area contributed by atoms with E-state index in [1.165, 1.54) is 5.69 Å². The Bertz CT molecular complexity index is 676. The molecule has 0 radical (unpaired) electrons. The highest BCUT2D eigenvalue weighted by atomic mass is 16.5. The van der Waals surface area contributed by atoms with E-state index in [2.05, 4.69) is 10.4 Å². The van der Waals surface area contributed by atoms with Crippen molar-refractivity contribution in [2.45, 2.75) is 26.2 Å². The van der Waals surface area contributed by atoms with E-state index in [0.717, 1.165) is 24.8 Å². The molecule has 1 N–H and O–H groups in total. The molecule has 0 saturated carbocycles. The number of benzene rings is 1. The van der Waals surface area contributed by atoms with E-state index >= 15 is 0 Å². The van der Waals surface area contributed by atoms with Gasteiger partial charge in [0, 0.05) is 18.3 Å². The van der Waals surface area contributed by atoms with Gasteiger partial charge in [0.2, 0.25) is 0 Å². The number of hydrogen-bond acceptors (Lipinski definition) is 3. The molecule has 2 aromatic rings. The lowest BCUT2D eigenvalue weighted by molar-refractivity contribution is 0.102. The van der Waals surface area contributed by atoms with E-state index in [0.29, 0.717) is 23.7 Å². The summed E-state index contributed by atoms with van der Waals surface area (Å²) in [6.45, 7) is 2.48. The number of nitrogens with one attached hydrogen (secondary N) is 1. The van der Waals surface area contributed by atoms with Crippen LogP contribution in [-0.2, 0) is 19.9 Å². The zero-order chi connectivity index (χ0) is 14.8. The zero-order valence-electron chi connectivity index (χ0n) is 12.3. The molecule has 3 rings (SSSR count). The predicted molar refractivity (Wildman–Crippen MR) is 80.8 cm³/mol. The Balaban J connectivity index is 1.86. The molecule has 5 nitrogen and oxygen atoms in total. The van der Waals surface area contributed by atoms with Gasteiger partial charge in [-0.2, -0.15) is 5.10 Å². The fourth-order valence-corrected chi connectivity index (χ4v) is 2.83. The molecule has 1 amide bonds. The highest BCUT2D eigenvalue weighted by Crippen LogP contribution is 2.27. The second-order valence-corrected chi connectivity index (χ2v) is 5.13. The number of fused-ring (bicyclic) bond motifs is 1. The van der Waals surface area contributed by atoms with E-state index in [9.17, 15) is 4.79 Å². The lowest BCUT2D eigenvalue weighted by atomic mass is 10.2. The van der Waals surface area contributed by atoms with Gasteiger partial charge < -0.3 is 10.1 Å². The van der Waals surface area contributed by atoms with Gasteiger partial charge in [0.15, 0.2) is 5.69 Å². The summed E-state index contributed by atoms with van der Waals surface area (Å²) in [6, 6.07) is 7.45.